The van der Waals surface area contributed by atoms with E-state index in [-0.39, 0.29) is 11.3 Å². The number of amides is 1. The number of Topliss-reactive ketones (excluding diaryl/α,β-unsaturated/α-hetero) is 1. The van der Waals surface area contributed by atoms with Crippen molar-refractivity contribution in [1.82, 2.24) is 14.5 Å². The molecule has 2 aromatic heterocycles. The van der Waals surface area contributed by atoms with E-state index >= 15 is 0 Å². The van der Waals surface area contributed by atoms with Crippen molar-refractivity contribution in [2.24, 2.45) is 0 Å². The van der Waals surface area contributed by atoms with Gasteiger partial charge in [-0.05, 0) is 36.2 Å². The van der Waals surface area contributed by atoms with E-state index in [1.807, 2.05) is 10.8 Å². The lowest BCUT2D eigenvalue weighted by Gasteiger charge is -2.27. The first-order valence-electron chi connectivity index (χ1n) is 11.5. The molecule has 0 radical (unpaired) electrons. The van der Waals surface area contributed by atoms with Crippen LogP contribution in [0.25, 0.3) is 11.0 Å². The molecule has 0 aliphatic carbocycles. The normalized spacial score (nSPS) is 15.7. The van der Waals surface area contributed by atoms with Gasteiger partial charge in [-0.2, -0.15) is 0 Å². The van der Waals surface area contributed by atoms with E-state index < -0.39 is 23.5 Å². The molecule has 9 nitrogen and oxygen atoms in total. The fourth-order valence-corrected chi connectivity index (χ4v) is 4.53. The molecule has 0 bridgehead atoms. The minimum absolute atomic E-state index is 0.0163. The molecule has 184 valence electrons. The number of imidazole rings is 1. The third-order valence-corrected chi connectivity index (χ3v) is 6.31. The first-order valence-corrected chi connectivity index (χ1v) is 11.5. The summed E-state index contributed by atoms with van der Waals surface area (Å²) in [5.74, 6) is -0.589. The number of aromatic nitrogens is 2. The summed E-state index contributed by atoms with van der Waals surface area (Å²) in [5, 5.41) is 11.6. The van der Waals surface area contributed by atoms with Gasteiger partial charge in [-0.15, -0.1) is 0 Å². The number of methoxy groups -OCH3 is 2. The highest BCUT2D eigenvalue weighted by molar-refractivity contribution is 6.16. The quantitative estimate of drug-likeness (QED) is 0.351. The minimum Gasteiger partial charge on any atom is -0.503 e. The predicted molar refractivity (Wildman–Crippen MR) is 131 cm³/mol. The van der Waals surface area contributed by atoms with Gasteiger partial charge in [0.2, 0.25) is 5.78 Å². The van der Waals surface area contributed by atoms with Crippen LogP contribution >= 0.6 is 0 Å². The number of aliphatic hydroxyl groups excluding tert-OH is 1. The number of carbonyl (C=O) groups is 2. The molecule has 5 rings (SSSR count). The molecule has 1 aliphatic rings. The maximum absolute atomic E-state index is 13.7. The van der Waals surface area contributed by atoms with Crippen LogP contribution in [-0.4, -0.2) is 52.0 Å². The Hall–Kier alpha value is -4.53. The van der Waals surface area contributed by atoms with Gasteiger partial charge in [0.1, 0.15) is 5.75 Å². The molecule has 0 fully saturated rings. The number of fused-ring (bicyclic) bond motifs is 1. The SMILES string of the molecule is COc1ccc(C2C(C(=O)c3cc4cccc(OC)c4o3)=C(O)C(=O)N2CCCn2ccnc2)cc1. The summed E-state index contributed by atoms with van der Waals surface area (Å²) >= 11 is 0. The second-order valence-corrected chi connectivity index (χ2v) is 8.41. The Morgan fingerprint density at radius 3 is 2.61 bits per heavy atom. The third-order valence-electron chi connectivity index (χ3n) is 6.31. The van der Waals surface area contributed by atoms with Crippen molar-refractivity contribution in [2.45, 2.75) is 19.0 Å². The van der Waals surface area contributed by atoms with Gasteiger partial charge in [-0.3, -0.25) is 9.59 Å². The molecule has 36 heavy (non-hydrogen) atoms. The van der Waals surface area contributed by atoms with Gasteiger partial charge in [-0.25, -0.2) is 4.98 Å². The molecule has 1 atom stereocenters. The highest BCUT2D eigenvalue weighted by Gasteiger charge is 2.44. The molecule has 0 saturated heterocycles. The van der Waals surface area contributed by atoms with E-state index in [4.69, 9.17) is 13.9 Å². The van der Waals surface area contributed by atoms with Gasteiger partial charge >= 0.3 is 0 Å². The molecule has 2 aromatic carbocycles. The molecular formula is C27H25N3O6. The second kappa shape index (κ2) is 9.61. The predicted octanol–water partition coefficient (Wildman–Crippen LogP) is 4.32. The zero-order chi connectivity index (χ0) is 25.2. The number of furan rings is 1. The van der Waals surface area contributed by atoms with Crippen LogP contribution in [0.1, 0.15) is 28.6 Å². The Balaban J connectivity index is 1.51. The third kappa shape index (κ3) is 4.08. The Morgan fingerprint density at radius 2 is 1.92 bits per heavy atom. The van der Waals surface area contributed by atoms with Crippen LogP contribution in [0.4, 0.5) is 0 Å². The number of ether oxygens (including phenoxy) is 2. The molecule has 1 amide bonds. The lowest BCUT2D eigenvalue weighted by molar-refractivity contribution is -0.129. The van der Waals surface area contributed by atoms with E-state index in [0.29, 0.717) is 47.5 Å². The summed E-state index contributed by atoms with van der Waals surface area (Å²) in [4.78, 5) is 32.5. The van der Waals surface area contributed by atoms with Crippen molar-refractivity contribution >= 4 is 22.7 Å². The minimum atomic E-state index is -0.784. The van der Waals surface area contributed by atoms with Gasteiger partial charge < -0.3 is 28.5 Å². The first kappa shape index (κ1) is 23.2. The first-order chi connectivity index (χ1) is 17.5. The largest absolute Gasteiger partial charge is 0.503 e. The van der Waals surface area contributed by atoms with Gasteiger partial charge in [0, 0.05) is 30.9 Å². The molecule has 0 saturated carbocycles. The highest BCUT2D eigenvalue weighted by atomic mass is 16.5. The molecule has 1 aliphatic heterocycles. The van der Waals surface area contributed by atoms with Crippen molar-refractivity contribution in [3.05, 3.63) is 89.9 Å². The number of benzene rings is 2. The van der Waals surface area contributed by atoms with E-state index in [2.05, 4.69) is 4.98 Å². The molecule has 3 heterocycles. The summed E-state index contributed by atoms with van der Waals surface area (Å²) < 4.78 is 18.4. The number of para-hydroxylation sites is 1. The number of hydrogen-bond donors (Lipinski definition) is 1. The lowest BCUT2D eigenvalue weighted by Crippen LogP contribution is -2.32. The molecule has 1 N–H and O–H groups in total. The average molecular weight is 488 g/mol. The van der Waals surface area contributed by atoms with E-state index in [0.717, 1.165) is 0 Å². The number of aryl methyl sites for hydroxylation is 1. The molecule has 9 heteroatoms. The Bertz CT molecular complexity index is 1440. The van der Waals surface area contributed by atoms with Crippen molar-refractivity contribution in [1.29, 1.82) is 0 Å². The standard InChI is InChI=1S/C27H25N3O6/c1-34-19-9-7-17(8-10-19)23-22(24(31)21-15-18-5-3-6-20(35-2)26(18)36-21)25(32)27(33)30(23)13-4-12-29-14-11-28-16-29/h3,5-11,14-16,23,32H,4,12-13H2,1-2H3. The number of carbonyl (C=O) groups excluding carboxylic acids is 2. The van der Waals surface area contributed by atoms with Crippen LogP contribution in [-0.2, 0) is 11.3 Å². The van der Waals surface area contributed by atoms with E-state index in [1.54, 1.807) is 68.2 Å². The van der Waals surface area contributed by atoms with Crippen molar-refractivity contribution in [2.75, 3.05) is 20.8 Å². The Morgan fingerprint density at radius 1 is 1.11 bits per heavy atom. The Kier molecular flexibility index (Phi) is 6.20. The molecule has 0 spiro atoms. The van der Waals surface area contributed by atoms with Crippen LogP contribution in [0.2, 0.25) is 0 Å². The zero-order valence-electron chi connectivity index (χ0n) is 19.9. The second-order valence-electron chi connectivity index (χ2n) is 8.41. The van der Waals surface area contributed by atoms with Gasteiger partial charge in [0.05, 0.1) is 32.2 Å². The van der Waals surface area contributed by atoms with Crippen LogP contribution in [0.3, 0.4) is 0 Å². The van der Waals surface area contributed by atoms with Gasteiger partial charge in [0.15, 0.2) is 22.9 Å². The van der Waals surface area contributed by atoms with E-state index in [9.17, 15) is 14.7 Å². The van der Waals surface area contributed by atoms with Crippen LogP contribution in [0.5, 0.6) is 11.5 Å². The zero-order valence-corrected chi connectivity index (χ0v) is 19.9. The fraction of sp³-hybridized carbons (Fsp3) is 0.222. The number of ketones is 1. The van der Waals surface area contributed by atoms with Gasteiger partial charge in [0.25, 0.3) is 5.91 Å². The van der Waals surface area contributed by atoms with Crippen LogP contribution in [0, 0.1) is 0 Å². The highest BCUT2D eigenvalue weighted by Crippen LogP contribution is 2.40. The lowest BCUT2D eigenvalue weighted by atomic mass is 9.95. The van der Waals surface area contributed by atoms with E-state index in [1.165, 1.54) is 12.0 Å². The Labute approximate surface area is 207 Å². The van der Waals surface area contributed by atoms with Crippen LogP contribution < -0.4 is 9.47 Å². The summed E-state index contributed by atoms with van der Waals surface area (Å²) in [7, 11) is 3.08. The number of hydrogen-bond acceptors (Lipinski definition) is 7. The maximum Gasteiger partial charge on any atom is 0.290 e. The summed E-state index contributed by atoms with van der Waals surface area (Å²) in [6, 6.07) is 13.2. The van der Waals surface area contributed by atoms with Crippen molar-refractivity contribution in [3.8, 4) is 11.5 Å². The fourth-order valence-electron chi connectivity index (χ4n) is 4.53. The smallest absolute Gasteiger partial charge is 0.290 e. The van der Waals surface area contributed by atoms with Gasteiger partial charge in [-0.1, -0.05) is 24.3 Å². The maximum atomic E-state index is 13.7. The number of aliphatic hydroxyl groups is 1. The molecule has 4 aromatic rings. The number of nitrogens with zero attached hydrogens (tertiary/aromatic N) is 3. The summed E-state index contributed by atoms with van der Waals surface area (Å²) in [5.41, 5.74) is 1.07. The van der Waals surface area contributed by atoms with Crippen molar-refractivity contribution < 1.29 is 28.6 Å². The summed E-state index contributed by atoms with van der Waals surface area (Å²) in [6.45, 7) is 0.953. The molecular weight excluding hydrogens is 462 g/mol. The average Bonchev–Trinajstić information content (AvgIpc) is 3.63. The number of rotatable bonds is 9. The topological polar surface area (TPSA) is 107 Å². The molecule has 1 unspecified atom stereocenters. The van der Waals surface area contributed by atoms with Crippen LogP contribution in [0.15, 0.2) is 83.0 Å². The van der Waals surface area contributed by atoms with Crippen molar-refractivity contribution in [3.63, 3.8) is 0 Å². The summed E-state index contributed by atoms with van der Waals surface area (Å²) in [6.07, 6.45) is 5.83. The monoisotopic (exact) mass is 487 g/mol.